The zero-order valence-corrected chi connectivity index (χ0v) is 28.4. The van der Waals surface area contributed by atoms with Gasteiger partial charge in [0.15, 0.2) is 0 Å². The molecule has 0 spiro atoms. The average Bonchev–Trinajstić information content (AvgIpc) is 3.43. The van der Waals surface area contributed by atoms with Crippen molar-refractivity contribution >= 4 is 32.6 Å². The molecule has 3 heteroatoms. The fourth-order valence-electron chi connectivity index (χ4n) is 8.34. The van der Waals surface area contributed by atoms with E-state index >= 15 is 0 Å². The van der Waals surface area contributed by atoms with Gasteiger partial charge in [-0.3, -0.25) is 15.0 Å². The molecule has 6 aromatic carbocycles. The lowest BCUT2D eigenvalue weighted by Gasteiger charge is -2.25. The SMILES string of the molecule is CC1(C)c2ccccc2-c2cccc(-c3cc(-c4cnc5c(ccc6cccnc65)c4)cc(-c4ncc(-c5ccccc5)c5ccccc45)c3)c21. The number of rotatable bonds is 4. The molecule has 3 aromatic heterocycles. The molecule has 0 bridgehead atoms. The fraction of sp³-hybridized carbons (Fsp3) is 0.0625. The highest BCUT2D eigenvalue weighted by molar-refractivity contribution is 6.05. The molecular weight excluding hydrogens is 619 g/mol. The quantitative estimate of drug-likeness (QED) is 0.178. The second-order valence-corrected chi connectivity index (χ2v) is 14.1. The third-order valence-electron chi connectivity index (χ3n) is 10.7. The molecule has 0 saturated carbocycles. The number of nitrogens with zero attached hydrogens (tertiary/aromatic N) is 3. The second-order valence-electron chi connectivity index (χ2n) is 14.1. The highest BCUT2D eigenvalue weighted by Crippen LogP contribution is 2.52. The van der Waals surface area contributed by atoms with Gasteiger partial charge >= 0.3 is 0 Å². The molecule has 1 aliphatic rings. The number of hydrogen-bond acceptors (Lipinski definition) is 3. The summed E-state index contributed by atoms with van der Waals surface area (Å²) in [5.74, 6) is 0. The Kier molecular flexibility index (Phi) is 6.53. The number of fused-ring (bicyclic) bond motifs is 7. The number of hydrogen-bond donors (Lipinski definition) is 0. The third kappa shape index (κ3) is 4.62. The normalized spacial score (nSPS) is 13.1. The Morgan fingerprint density at radius 3 is 2.02 bits per heavy atom. The minimum Gasteiger partial charge on any atom is -0.255 e. The first-order valence-electron chi connectivity index (χ1n) is 17.5. The summed E-state index contributed by atoms with van der Waals surface area (Å²) in [5.41, 5.74) is 15.9. The Hall–Kier alpha value is -6.45. The largest absolute Gasteiger partial charge is 0.255 e. The van der Waals surface area contributed by atoms with Crippen molar-refractivity contribution < 1.29 is 0 Å². The molecule has 240 valence electrons. The van der Waals surface area contributed by atoms with Crippen LogP contribution in [-0.4, -0.2) is 15.0 Å². The number of pyridine rings is 3. The molecule has 0 aliphatic heterocycles. The van der Waals surface area contributed by atoms with Crippen molar-refractivity contribution in [2.75, 3.05) is 0 Å². The standard InChI is InChI=1S/C48H33N3/c1-48(2)43-20-9-8-16-39(43)40-19-10-18-37(44(40)48)34-25-33(36-24-32-22-21-31-14-11-23-49-46(31)47(32)50-28-36)26-35(27-34)45-41-17-7-6-15-38(41)42(29-51-45)30-12-4-3-5-13-30/h3-29H,1-2H3. The minimum atomic E-state index is -0.153. The number of aromatic nitrogens is 3. The van der Waals surface area contributed by atoms with E-state index in [0.29, 0.717) is 0 Å². The number of benzene rings is 6. The van der Waals surface area contributed by atoms with Gasteiger partial charge in [0, 0.05) is 56.9 Å². The summed E-state index contributed by atoms with van der Waals surface area (Å²) >= 11 is 0. The molecule has 1 aliphatic carbocycles. The lowest BCUT2D eigenvalue weighted by atomic mass is 9.78. The molecule has 3 heterocycles. The zero-order valence-electron chi connectivity index (χ0n) is 28.4. The van der Waals surface area contributed by atoms with Gasteiger partial charge in [0.2, 0.25) is 0 Å². The lowest BCUT2D eigenvalue weighted by molar-refractivity contribution is 0.662. The molecule has 0 amide bonds. The van der Waals surface area contributed by atoms with E-state index in [1.165, 1.54) is 38.8 Å². The van der Waals surface area contributed by atoms with Crippen molar-refractivity contribution in [2.45, 2.75) is 19.3 Å². The van der Waals surface area contributed by atoms with E-state index < -0.39 is 0 Å². The summed E-state index contributed by atoms with van der Waals surface area (Å²) < 4.78 is 0. The van der Waals surface area contributed by atoms with Crippen LogP contribution >= 0.6 is 0 Å². The van der Waals surface area contributed by atoms with Crippen LogP contribution in [0.4, 0.5) is 0 Å². The van der Waals surface area contributed by atoms with Crippen molar-refractivity contribution in [1.82, 2.24) is 15.0 Å². The smallest absolute Gasteiger partial charge is 0.0964 e. The Morgan fingerprint density at radius 1 is 0.412 bits per heavy atom. The van der Waals surface area contributed by atoms with E-state index in [1.54, 1.807) is 0 Å². The van der Waals surface area contributed by atoms with E-state index in [0.717, 1.165) is 60.7 Å². The molecule has 0 radical (unpaired) electrons. The molecule has 3 nitrogen and oxygen atoms in total. The maximum absolute atomic E-state index is 5.22. The fourth-order valence-corrected chi connectivity index (χ4v) is 8.34. The topological polar surface area (TPSA) is 38.7 Å². The van der Waals surface area contributed by atoms with Crippen LogP contribution in [0.25, 0.3) is 88.3 Å². The van der Waals surface area contributed by atoms with Crippen LogP contribution in [0, 0.1) is 0 Å². The van der Waals surface area contributed by atoms with Gasteiger partial charge in [-0.25, -0.2) is 0 Å². The molecule has 10 rings (SSSR count). The summed E-state index contributed by atoms with van der Waals surface area (Å²) in [7, 11) is 0. The van der Waals surface area contributed by atoms with Crippen LogP contribution < -0.4 is 0 Å². The van der Waals surface area contributed by atoms with Gasteiger partial charge in [-0.1, -0.05) is 129 Å². The predicted molar refractivity (Wildman–Crippen MR) is 212 cm³/mol. The Labute approximate surface area is 297 Å². The molecule has 0 unspecified atom stereocenters. The highest BCUT2D eigenvalue weighted by Gasteiger charge is 2.37. The Balaban J connectivity index is 1.23. The van der Waals surface area contributed by atoms with Gasteiger partial charge in [-0.05, 0) is 80.2 Å². The van der Waals surface area contributed by atoms with E-state index in [2.05, 4.69) is 158 Å². The van der Waals surface area contributed by atoms with Crippen LogP contribution in [0.5, 0.6) is 0 Å². The summed E-state index contributed by atoms with van der Waals surface area (Å²) in [4.78, 5) is 14.9. The van der Waals surface area contributed by atoms with Gasteiger partial charge in [-0.2, -0.15) is 0 Å². The van der Waals surface area contributed by atoms with Gasteiger partial charge < -0.3 is 0 Å². The van der Waals surface area contributed by atoms with Crippen molar-refractivity contribution in [1.29, 1.82) is 0 Å². The van der Waals surface area contributed by atoms with Gasteiger partial charge in [0.05, 0.1) is 16.7 Å². The van der Waals surface area contributed by atoms with Crippen LogP contribution in [0.3, 0.4) is 0 Å². The maximum atomic E-state index is 5.22. The molecule has 0 N–H and O–H groups in total. The summed E-state index contributed by atoms with van der Waals surface area (Å²) in [6.07, 6.45) is 5.87. The van der Waals surface area contributed by atoms with Crippen molar-refractivity contribution in [3.63, 3.8) is 0 Å². The van der Waals surface area contributed by atoms with Crippen LogP contribution in [-0.2, 0) is 5.41 Å². The average molecular weight is 652 g/mol. The molecule has 9 aromatic rings. The third-order valence-corrected chi connectivity index (χ3v) is 10.7. The van der Waals surface area contributed by atoms with Gasteiger partial charge in [-0.15, -0.1) is 0 Å². The Bertz CT molecular complexity index is 2830. The monoisotopic (exact) mass is 651 g/mol. The maximum Gasteiger partial charge on any atom is 0.0964 e. The summed E-state index contributed by atoms with van der Waals surface area (Å²) in [6, 6.07) is 52.4. The minimum absolute atomic E-state index is 0.153. The lowest BCUT2D eigenvalue weighted by Crippen LogP contribution is -2.16. The first-order chi connectivity index (χ1) is 25.0. The van der Waals surface area contributed by atoms with E-state index in [-0.39, 0.29) is 5.41 Å². The second kappa shape index (κ2) is 11.3. The van der Waals surface area contributed by atoms with Crippen LogP contribution in [0.2, 0.25) is 0 Å². The Morgan fingerprint density at radius 2 is 1.12 bits per heavy atom. The van der Waals surface area contributed by atoms with Gasteiger partial charge in [0.25, 0.3) is 0 Å². The summed E-state index contributed by atoms with van der Waals surface area (Å²) in [6.45, 7) is 4.71. The van der Waals surface area contributed by atoms with Crippen LogP contribution in [0.15, 0.2) is 164 Å². The molecule has 0 saturated heterocycles. The predicted octanol–water partition coefficient (Wildman–Crippen LogP) is 12.3. The molecule has 0 atom stereocenters. The van der Waals surface area contributed by atoms with E-state index in [1.807, 2.05) is 24.7 Å². The van der Waals surface area contributed by atoms with E-state index in [4.69, 9.17) is 9.97 Å². The zero-order chi connectivity index (χ0) is 34.1. The van der Waals surface area contributed by atoms with Crippen molar-refractivity contribution in [3.8, 4) is 55.8 Å². The first kappa shape index (κ1) is 29.5. The molecule has 0 fully saturated rings. The summed E-state index contributed by atoms with van der Waals surface area (Å²) in [5, 5.41) is 4.47. The van der Waals surface area contributed by atoms with Gasteiger partial charge in [0.1, 0.15) is 0 Å². The van der Waals surface area contributed by atoms with Crippen molar-refractivity contribution in [3.05, 3.63) is 175 Å². The first-order valence-corrected chi connectivity index (χ1v) is 17.5. The highest BCUT2D eigenvalue weighted by atomic mass is 14.7. The molecular formula is C48H33N3. The molecule has 51 heavy (non-hydrogen) atoms. The van der Waals surface area contributed by atoms with E-state index in [9.17, 15) is 0 Å². The van der Waals surface area contributed by atoms with Crippen molar-refractivity contribution in [2.24, 2.45) is 0 Å². The van der Waals surface area contributed by atoms with Crippen LogP contribution in [0.1, 0.15) is 25.0 Å².